The second-order valence-electron chi connectivity index (χ2n) is 6.44. The Kier molecular flexibility index (Phi) is 5.97. The zero-order valence-corrected chi connectivity index (χ0v) is 12.5. The van der Waals surface area contributed by atoms with E-state index >= 15 is 0 Å². The van der Waals surface area contributed by atoms with Crippen LogP contribution in [-0.2, 0) is 0 Å². The molecule has 1 heterocycles. The standard InChI is InChI=1S/C16H32N2/c1-3-18-12-8-9-15(13-18)14(2)17-16-10-6-4-5-7-11-16/h14-17H,3-13H2,1-2H3. The SMILES string of the molecule is CCN1CCCC(C(C)NC2CCCCCC2)C1. The summed E-state index contributed by atoms with van der Waals surface area (Å²) in [5, 5.41) is 3.95. The van der Waals surface area contributed by atoms with Crippen LogP contribution in [0.2, 0.25) is 0 Å². The molecule has 1 aliphatic heterocycles. The van der Waals surface area contributed by atoms with Gasteiger partial charge in [0, 0.05) is 18.6 Å². The number of rotatable bonds is 4. The van der Waals surface area contributed by atoms with Crippen LogP contribution in [0.3, 0.4) is 0 Å². The quantitative estimate of drug-likeness (QED) is 0.771. The maximum atomic E-state index is 3.95. The Balaban J connectivity index is 1.77. The summed E-state index contributed by atoms with van der Waals surface area (Å²) in [5.41, 5.74) is 0. The highest BCUT2D eigenvalue weighted by molar-refractivity contribution is 4.83. The van der Waals surface area contributed by atoms with Crippen LogP contribution in [0.15, 0.2) is 0 Å². The largest absolute Gasteiger partial charge is 0.311 e. The molecule has 106 valence electrons. The van der Waals surface area contributed by atoms with E-state index in [1.165, 1.54) is 71.0 Å². The van der Waals surface area contributed by atoms with Crippen molar-refractivity contribution in [3.8, 4) is 0 Å². The summed E-state index contributed by atoms with van der Waals surface area (Å²) in [7, 11) is 0. The second-order valence-corrected chi connectivity index (χ2v) is 6.44. The normalized spacial score (nSPS) is 30.0. The first-order valence-corrected chi connectivity index (χ1v) is 8.28. The summed E-state index contributed by atoms with van der Waals surface area (Å²) in [6, 6.07) is 1.52. The van der Waals surface area contributed by atoms with E-state index < -0.39 is 0 Å². The lowest BCUT2D eigenvalue weighted by atomic mass is 9.90. The van der Waals surface area contributed by atoms with Crippen LogP contribution in [-0.4, -0.2) is 36.6 Å². The van der Waals surface area contributed by atoms with Crippen LogP contribution in [0, 0.1) is 5.92 Å². The van der Waals surface area contributed by atoms with Crippen LogP contribution in [0.1, 0.15) is 65.2 Å². The first kappa shape index (κ1) is 14.3. The van der Waals surface area contributed by atoms with Crippen molar-refractivity contribution in [2.24, 2.45) is 5.92 Å². The molecule has 1 aliphatic carbocycles. The molecule has 0 aromatic carbocycles. The summed E-state index contributed by atoms with van der Waals surface area (Å²) in [6.45, 7) is 8.59. The van der Waals surface area contributed by atoms with Gasteiger partial charge in [0.25, 0.3) is 0 Å². The molecule has 0 bridgehead atoms. The van der Waals surface area contributed by atoms with Crippen molar-refractivity contribution in [1.82, 2.24) is 10.2 Å². The van der Waals surface area contributed by atoms with Gasteiger partial charge in [-0.2, -0.15) is 0 Å². The summed E-state index contributed by atoms with van der Waals surface area (Å²) in [6.07, 6.45) is 11.4. The van der Waals surface area contributed by atoms with E-state index in [1.54, 1.807) is 0 Å². The van der Waals surface area contributed by atoms with Crippen LogP contribution in [0.4, 0.5) is 0 Å². The van der Waals surface area contributed by atoms with Crippen LogP contribution in [0.25, 0.3) is 0 Å². The van der Waals surface area contributed by atoms with Gasteiger partial charge in [-0.25, -0.2) is 0 Å². The maximum Gasteiger partial charge on any atom is 0.00818 e. The van der Waals surface area contributed by atoms with Gasteiger partial charge in [-0.1, -0.05) is 32.6 Å². The number of hydrogen-bond acceptors (Lipinski definition) is 2. The third-order valence-electron chi connectivity index (χ3n) is 5.05. The Morgan fingerprint density at radius 2 is 1.78 bits per heavy atom. The highest BCUT2D eigenvalue weighted by Crippen LogP contribution is 2.22. The minimum atomic E-state index is 0.711. The molecular weight excluding hydrogens is 220 g/mol. The monoisotopic (exact) mass is 252 g/mol. The molecule has 1 saturated heterocycles. The van der Waals surface area contributed by atoms with Gasteiger partial charge in [0.1, 0.15) is 0 Å². The van der Waals surface area contributed by atoms with Gasteiger partial charge in [0.2, 0.25) is 0 Å². The number of nitrogens with zero attached hydrogens (tertiary/aromatic N) is 1. The van der Waals surface area contributed by atoms with Crippen LogP contribution >= 0.6 is 0 Å². The average molecular weight is 252 g/mol. The van der Waals surface area contributed by atoms with E-state index in [2.05, 4.69) is 24.1 Å². The fraction of sp³-hybridized carbons (Fsp3) is 1.00. The molecule has 2 unspecified atom stereocenters. The van der Waals surface area contributed by atoms with Gasteiger partial charge in [-0.3, -0.25) is 0 Å². The van der Waals surface area contributed by atoms with Gasteiger partial charge in [-0.15, -0.1) is 0 Å². The smallest absolute Gasteiger partial charge is 0.00818 e. The average Bonchev–Trinajstić information content (AvgIpc) is 2.67. The summed E-state index contributed by atoms with van der Waals surface area (Å²) in [4.78, 5) is 2.62. The minimum absolute atomic E-state index is 0.711. The van der Waals surface area contributed by atoms with Gasteiger partial charge < -0.3 is 10.2 Å². The molecule has 0 amide bonds. The highest BCUT2D eigenvalue weighted by Gasteiger charge is 2.25. The van der Waals surface area contributed by atoms with Gasteiger partial charge in [-0.05, 0) is 51.6 Å². The second kappa shape index (κ2) is 7.49. The van der Waals surface area contributed by atoms with Crippen molar-refractivity contribution in [2.75, 3.05) is 19.6 Å². The highest BCUT2D eigenvalue weighted by atomic mass is 15.1. The molecule has 2 atom stereocenters. The van der Waals surface area contributed by atoms with E-state index in [0.29, 0.717) is 6.04 Å². The van der Waals surface area contributed by atoms with E-state index in [-0.39, 0.29) is 0 Å². The molecule has 2 rings (SSSR count). The van der Waals surface area contributed by atoms with Crippen molar-refractivity contribution in [1.29, 1.82) is 0 Å². The topological polar surface area (TPSA) is 15.3 Å². The lowest BCUT2D eigenvalue weighted by molar-refractivity contribution is 0.151. The number of likely N-dealkylation sites (tertiary alicyclic amines) is 1. The van der Waals surface area contributed by atoms with E-state index in [4.69, 9.17) is 0 Å². The molecule has 0 spiro atoms. The van der Waals surface area contributed by atoms with Gasteiger partial charge in [0.05, 0.1) is 0 Å². The third kappa shape index (κ3) is 4.24. The molecule has 2 fully saturated rings. The molecule has 0 aromatic heterocycles. The first-order valence-electron chi connectivity index (χ1n) is 8.28. The lowest BCUT2D eigenvalue weighted by Gasteiger charge is -2.37. The predicted molar refractivity (Wildman–Crippen MR) is 78.9 cm³/mol. The fourth-order valence-electron chi connectivity index (χ4n) is 3.74. The number of piperidine rings is 1. The molecule has 0 aromatic rings. The molecule has 18 heavy (non-hydrogen) atoms. The zero-order chi connectivity index (χ0) is 12.8. The Labute approximate surface area is 114 Å². The third-order valence-corrected chi connectivity index (χ3v) is 5.05. The Morgan fingerprint density at radius 3 is 2.44 bits per heavy atom. The lowest BCUT2D eigenvalue weighted by Crippen LogP contribution is -2.47. The summed E-state index contributed by atoms with van der Waals surface area (Å²) in [5.74, 6) is 0.877. The summed E-state index contributed by atoms with van der Waals surface area (Å²) < 4.78 is 0. The number of hydrogen-bond donors (Lipinski definition) is 1. The van der Waals surface area contributed by atoms with Gasteiger partial charge >= 0.3 is 0 Å². The van der Waals surface area contributed by atoms with E-state index in [0.717, 1.165) is 12.0 Å². The van der Waals surface area contributed by atoms with Crippen molar-refractivity contribution < 1.29 is 0 Å². The molecule has 2 heteroatoms. The van der Waals surface area contributed by atoms with Crippen molar-refractivity contribution in [3.05, 3.63) is 0 Å². The summed E-state index contributed by atoms with van der Waals surface area (Å²) >= 11 is 0. The van der Waals surface area contributed by atoms with Gasteiger partial charge in [0.15, 0.2) is 0 Å². The number of nitrogens with one attached hydrogen (secondary N) is 1. The molecular formula is C16H32N2. The van der Waals surface area contributed by atoms with Crippen molar-refractivity contribution in [3.63, 3.8) is 0 Å². The molecule has 1 N–H and O–H groups in total. The Bertz CT molecular complexity index is 221. The molecule has 0 radical (unpaired) electrons. The van der Waals surface area contributed by atoms with E-state index in [9.17, 15) is 0 Å². The van der Waals surface area contributed by atoms with Crippen LogP contribution < -0.4 is 5.32 Å². The Morgan fingerprint density at radius 1 is 1.06 bits per heavy atom. The fourth-order valence-corrected chi connectivity index (χ4v) is 3.74. The predicted octanol–water partition coefficient (Wildman–Crippen LogP) is 3.42. The van der Waals surface area contributed by atoms with E-state index in [1.807, 2.05) is 0 Å². The van der Waals surface area contributed by atoms with Crippen molar-refractivity contribution in [2.45, 2.75) is 77.3 Å². The first-order chi connectivity index (χ1) is 8.79. The van der Waals surface area contributed by atoms with Crippen molar-refractivity contribution >= 4 is 0 Å². The van der Waals surface area contributed by atoms with Crippen LogP contribution in [0.5, 0.6) is 0 Å². The molecule has 1 saturated carbocycles. The minimum Gasteiger partial charge on any atom is -0.311 e. The Hall–Kier alpha value is -0.0800. The zero-order valence-electron chi connectivity index (χ0n) is 12.5. The maximum absolute atomic E-state index is 3.95. The molecule has 2 nitrogen and oxygen atoms in total. The molecule has 2 aliphatic rings.